The first kappa shape index (κ1) is 14.9. The normalized spacial score (nSPS) is 10.0. The predicted octanol–water partition coefficient (Wildman–Crippen LogP) is 3.12. The second-order valence-electron chi connectivity index (χ2n) is 4.53. The van der Waals surface area contributed by atoms with Crippen LogP contribution in [0, 0.1) is 0 Å². The summed E-state index contributed by atoms with van der Waals surface area (Å²) in [5.74, 6) is 1.78. The second kappa shape index (κ2) is 6.79. The Morgan fingerprint density at radius 2 is 1.57 bits per heavy atom. The van der Waals surface area contributed by atoms with E-state index >= 15 is 0 Å². The van der Waals surface area contributed by atoms with Crippen molar-refractivity contribution in [3.63, 3.8) is 0 Å². The summed E-state index contributed by atoms with van der Waals surface area (Å²) < 4.78 is 16.0. The molecule has 0 spiro atoms. The van der Waals surface area contributed by atoms with Crippen LogP contribution in [0.1, 0.15) is 21.5 Å². The average Bonchev–Trinajstić information content (AvgIpc) is 2.54. The molecule has 0 amide bonds. The van der Waals surface area contributed by atoms with Crippen molar-refractivity contribution in [1.82, 2.24) is 0 Å². The molecule has 0 aliphatic carbocycles. The molecule has 4 heteroatoms. The zero-order valence-corrected chi connectivity index (χ0v) is 12.4. The number of rotatable bonds is 6. The Morgan fingerprint density at radius 1 is 0.952 bits per heavy atom. The van der Waals surface area contributed by atoms with Crippen LogP contribution in [0.4, 0.5) is 0 Å². The first-order valence-electron chi connectivity index (χ1n) is 6.55. The zero-order valence-electron chi connectivity index (χ0n) is 12.4. The van der Waals surface area contributed by atoms with Crippen molar-refractivity contribution < 1.29 is 19.0 Å². The Kier molecular flexibility index (Phi) is 4.82. The summed E-state index contributed by atoms with van der Waals surface area (Å²) in [6.45, 7) is 0. The van der Waals surface area contributed by atoms with E-state index in [4.69, 9.17) is 14.2 Å². The lowest BCUT2D eigenvalue weighted by molar-refractivity contribution is 0.112. The van der Waals surface area contributed by atoms with E-state index in [9.17, 15) is 4.79 Å². The largest absolute Gasteiger partial charge is 0.493 e. The van der Waals surface area contributed by atoms with Gasteiger partial charge in [-0.15, -0.1) is 0 Å². The number of aldehydes is 1. The molecular formula is C17H18O4. The molecule has 2 aromatic rings. The second-order valence-corrected chi connectivity index (χ2v) is 4.53. The lowest BCUT2D eigenvalue weighted by Gasteiger charge is -2.14. The summed E-state index contributed by atoms with van der Waals surface area (Å²) in [5.41, 5.74) is 2.63. The fraction of sp³-hybridized carbons (Fsp3) is 0.235. The number of ether oxygens (including phenoxy) is 3. The Morgan fingerprint density at radius 3 is 2.10 bits per heavy atom. The average molecular weight is 286 g/mol. The number of hydrogen-bond donors (Lipinski definition) is 0. The highest BCUT2D eigenvalue weighted by Gasteiger charge is 2.14. The van der Waals surface area contributed by atoms with Crippen molar-refractivity contribution >= 4 is 6.29 Å². The van der Waals surface area contributed by atoms with E-state index in [1.807, 2.05) is 30.3 Å². The van der Waals surface area contributed by atoms with E-state index in [0.29, 0.717) is 29.2 Å². The highest BCUT2D eigenvalue weighted by Crippen LogP contribution is 2.38. The molecule has 0 fully saturated rings. The Labute approximate surface area is 124 Å². The van der Waals surface area contributed by atoms with Crippen molar-refractivity contribution in [1.29, 1.82) is 0 Å². The van der Waals surface area contributed by atoms with Crippen molar-refractivity contribution in [2.45, 2.75) is 6.42 Å². The van der Waals surface area contributed by atoms with Gasteiger partial charge in [0.1, 0.15) is 6.29 Å². The molecule has 4 nitrogen and oxygen atoms in total. The highest BCUT2D eigenvalue weighted by atomic mass is 16.5. The maximum absolute atomic E-state index is 11.1. The van der Waals surface area contributed by atoms with E-state index in [-0.39, 0.29) is 0 Å². The third-order valence-electron chi connectivity index (χ3n) is 3.30. The fourth-order valence-electron chi connectivity index (χ4n) is 2.27. The first-order chi connectivity index (χ1) is 10.2. The number of methoxy groups -OCH3 is 3. The van der Waals surface area contributed by atoms with Crippen LogP contribution in [0.5, 0.6) is 17.2 Å². The molecule has 0 unspecified atom stereocenters. The Hall–Kier alpha value is -2.49. The lowest BCUT2D eigenvalue weighted by atomic mass is 10.00. The predicted molar refractivity (Wildman–Crippen MR) is 80.7 cm³/mol. The van der Waals surface area contributed by atoms with Gasteiger partial charge in [0.25, 0.3) is 0 Å². The maximum Gasteiger partial charge on any atom is 0.203 e. The first-order valence-corrected chi connectivity index (χ1v) is 6.55. The SMILES string of the molecule is COc1cc(Cc2ccccc2C=O)cc(OC)c1OC. The summed E-state index contributed by atoms with van der Waals surface area (Å²) in [6.07, 6.45) is 1.49. The molecule has 0 saturated heterocycles. The monoisotopic (exact) mass is 286 g/mol. The van der Waals surface area contributed by atoms with E-state index in [2.05, 4.69) is 0 Å². The minimum atomic E-state index is 0.562. The number of benzene rings is 2. The molecule has 0 radical (unpaired) electrons. The van der Waals surface area contributed by atoms with Gasteiger partial charge < -0.3 is 14.2 Å². The topological polar surface area (TPSA) is 44.8 Å². The minimum Gasteiger partial charge on any atom is -0.493 e. The molecule has 0 aromatic heterocycles. The summed E-state index contributed by atoms with van der Waals surface area (Å²) in [4.78, 5) is 11.1. The van der Waals surface area contributed by atoms with Gasteiger partial charge in [-0.1, -0.05) is 24.3 Å². The molecule has 2 aromatic carbocycles. The van der Waals surface area contributed by atoms with Crippen LogP contribution in [0.3, 0.4) is 0 Å². The Balaban J connectivity index is 2.42. The van der Waals surface area contributed by atoms with Crippen LogP contribution < -0.4 is 14.2 Å². The van der Waals surface area contributed by atoms with Gasteiger partial charge >= 0.3 is 0 Å². The van der Waals surface area contributed by atoms with Crippen molar-refractivity contribution in [2.24, 2.45) is 0 Å². The van der Waals surface area contributed by atoms with Crippen LogP contribution in [0.15, 0.2) is 36.4 Å². The molecule has 0 atom stereocenters. The fourth-order valence-corrected chi connectivity index (χ4v) is 2.27. The molecule has 21 heavy (non-hydrogen) atoms. The van der Waals surface area contributed by atoms with Gasteiger partial charge in [-0.05, 0) is 29.7 Å². The molecular weight excluding hydrogens is 268 g/mol. The molecule has 0 aliphatic heterocycles. The van der Waals surface area contributed by atoms with E-state index < -0.39 is 0 Å². The van der Waals surface area contributed by atoms with E-state index in [0.717, 1.165) is 17.4 Å². The van der Waals surface area contributed by atoms with E-state index in [1.54, 1.807) is 27.4 Å². The van der Waals surface area contributed by atoms with Gasteiger partial charge in [-0.3, -0.25) is 4.79 Å². The van der Waals surface area contributed by atoms with Crippen LogP contribution >= 0.6 is 0 Å². The van der Waals surface area contributed by atoms with Crippen LogP contribution in [0.2, 0.25) is 0 Å². The van der Waals surface area contributed by atoms with Crippen LogP contribution in [-0.4, -0.2) is 27.6 Å². The number of hydrogen-bond acceptors (Lipinski definition) is 4. The molecule has 2 rings (SSSR count). The molecule has 0 bridgehead atoms. The smallest absolute Gasteiger partial charge is 0.203 e. The summed E-state index contributed by atoms with van der Waals surface area (Å²) in [7, 11) is 4.74. The van der Waals surface area contributed by atoms with Gasteiger partial charge in [0, 0.05) is 5.56 Å². The summed E-state index contributed by atoms with van der Waals surface area (Å²) in [6, 6.07) is 11.3. The van der Waals surface area contributed by atoms with Crippen molar-refractivity contribution in [2.75, 3.05) is 21.3 Å². The minimum absolute atomic E-state index is 0.562. The van der Waals surface area contributed by atoms with Gasteiger partial charge in [0.15, 0.2) is 11.5 Å². The molecule has 0 aliphatic rings. The standard InChI is InChI=1S/C17H18O4/c1-19-15-9-12(10-16(20-2)17(15)21-3)8-13-6-4-5-7-14(13)11-18/h4-7,9-11H,8H2,1-3H3. The maximum atomic E-state index is 11.1. The summed E-state index contributed by atoms with van der Waals surface area (Å²) >= 11 is 0. The van der Waals surface area contributed by atoms with Crippen LogP contribution in [0.25, 0.3) is 0 Å². The molecule has 110 valence electrons. The molecule has 0 saturated carbocycles. The van der Waals surface area contributed by atoms with Crippen molar-refractivity contribution in [3.05, 3.63) is 53.1 Å². The van der Waals surface area contributed by atoms with Gasteiger partial charge in [-0.2, -0.15) is 0 Å². The van der Waals surface area contributed by atoms with Gasteiger partial charge in [0.05, 0.1) is 21.3 Å². The summed E-state index contributed by atoms with van der Waals surface area (Å²) in [5, 5.41) is 0. The quantitative estimate of drug-likeness (QED) is 0.765. The number of carbonyl (C=O) groups excluding carboxylic acids is 1. The van der Waals surface area contributed by atoms with Gasteiger partial charge in [-0.25, -0.2) is 0 Å². The van der Waals surface area contributed by atoms with Crippen LogP contribution in [-0.2, 0) is 6.42 Å². The lowest BCUT2D eigenvalue weighted by Crippen LogP contribution is -1.99. The number of carbonyl (C=O) groups is 1. The van der Waals surface area contributed by atoms with Gasteiger partial charge in [0.2, 0.25) is 5.75 Å². The van der Waals surface area contributed by atoms with E-state index in [1.165, 1.54) is 0 Å². The highest BCUT2D eigenvalue weighted by molar-refractivity contribution is 5.77. The third kappa shape index (κ3) is 3.16. The zero-order chi connectivity index (χ0) is 15.2. The third-order valence-corrected chi connectivity index (χ3v) is 3.30. The Bertz CT molecular complexity index is 609. The molecule has 0 N–H and O–H groups in total. The van der Waals surface area contributed by atoms with Crippen molar-refractivity contribution in [3.8, 4) is 17.2 Å². The molecule has 0 heterocycles.